The summed E-state index contributed by atoms with van der Waals surface area (Å²) in [6.07, 6.45) is 2.86. The molecule has 0 saturated carbocycles. The molecule has 0 aliphatic heterocycles. The van der Waals surface area contributed by atoms with Crippen LogP contribution in [0.3, 0.4) is 0 Å². The topological polar surface area (TPSA) is 84.7 Å². The lowest BCUT2D eigenvalue weighted by molar-refractivity contribution is -0.121. The fraction of sp³-hybridized carbons (Fsp3) is 0.357. The van der Waals surface area contributed by atoms with Gasteiger partial charge >= 0.3 is 0 Å². The second kappa shape index (κ2) is 12.5. The van der Waals surface area contributed by atoms with Crippen molar-refractivity contribution in [2.45, 2.75) is 44.8 Å². The number of anilines is 1. The Labute approximate surface area is 217 Å². The van der Waals surface area contributed by atoms with Gasteiger partial charge in [-0.3, -0.25) is 4.79 Å². The van der Waals surface area contributed by atoms with Crippen LogP contribution in [0.15, 0.2) is 72.0 Å². The van der Waals surface area contributed by atoms with Crippen LogP contribution < -0.4 is 10.6 Å². The van der Waals surface area contributed by atoms with Crippen molar-refractivity contribution in [1.82, 2.24) is 25.1 Å². The van der Waals surface area contributed by atoms with Gasteiger partial charge in [-0.1, -0.05) is 93.2 Å². The molecule has 1 amide bonds. The summed E-state index contributed by atoms with van der Waals surface area (Å²) in [4.78, 5) is 22.9. The van der Waals surface area contributed by atoms with Gasteiger partial charge < -0.3 is 10.6 Å². The summed E-state index contributed by atoms with van der Waals surface area (Å²) in [6.45, 7) is 8.27. The van der Waals surface area contributed by atoms with Gasteiger partial charge in [-0.2, -0.15) is 5.10 Å². The largest absolute Gasteiger partial charge is 0.369 e. The maximum Gasteiger partial charge on any atom is 0.232 e. The number of hydrogen-bond acceptors (Lipinski definition) is 6. The van der Waals surface area contributed by atoms with Crippen molar-refractivity contribution < 1.29 is 4.79 Å². The van der Waals surface area contributed by atoms with Gasteiger partial charge in [0.2, 0.25) is 5.91 Å². The average Bonchev–Trinajstić information content (AvgIpc) is 3.30. The highest BCUT2D eigenvalue weighted by Crippen LogP contribution is 2.26. The highest BCUT2D eigenvalue weighted by molar-refractivity contribution is 7.99. The molecule has 0 aliphatic rings. The standard InChI is InChI=1S/C28H34N6OS/c1-4-17-36-28-32-25(30-18-20(2)3)23-19-31-34(26(23)33-28)16-15-29-27(35)24(21-11-7-5-8-12-21)22-13-9-6-10-14-22/h5-14,19-20,24H,4,15-18H2,1-3H3,(H,29,35)(H,30,32,33). The molecule has 7 nitrogen and oxygen atoms in total. The summed E-state index contributed by atoms with van der Waals surface area (Å²) in [5.41, 5.74) is 2.72. The summed E-state index contributed by atoms with van der Waals surface area (Å²) in [7, 11) is 0. The average molecular weight is 503 g/mol. The molecule has 2 N–H and O–H groups in total. The minimum atomic E-state index is -0.368. The predicted molar refractivity (Wildman–Crippen MR) is 147 cm³/mol. The van der Waals surface area contributed by atoms with E-state index in [9.17, 15) is 4.79 Å². The van der Waals surface area contributed by atoms with Crippen LogP contribution in [0.5, 0.6) is 0 Å². The molecule has 0 aliphatic carbocycles. The maximum absolute atomic E-state index is 13.3. The summed E-state index contributed by atoms with van der Waals surface area (Å²) in [6, 6.07) is 19.8. The lowest BCUT2D eigenvalue weighted by atomic mass is 9.90. The van der Waals surface area contributed by atoms with Crippen LogP contribution in [0.1, 0.15) is 44.2 Å². The number of nitrogens with zero attached hydrogens (tertiary/aromatic N) is 4. The number of aromatic nitrogens is 4. The van der Waals surface area contributed by atoms with Crippen molar-refractivity contribution in [3.05, 3.63) is 78.0 Å². The van der Waals surface area contributed by atoms with E-state index in [1.54, 1.807) is 11.8 Å². The van der Waals surface area contributed by atoms with Gasteiger partial charge in [0.05, 0.1) is 24.0 Å². The first-order valence-corrected chi connectivity index (χ1v) is 13.5. The number of carbonyl (C=O) groups is 1. The van der Waals surface area contributed by atoms with E-state index in [0.29, 0.717) is 19.0 Å². The number of rotatable bonds is 12. The molecule has 2 heterocycles. The molecule has 8 heteroatoms. The van der Waals surface area contributed by atoms with Gasteiger partial charge in [0.1, 0.15) is 5.82 Å². The zero-order valence-electron chi connectivity index (χ0n) is 21.1. The lowest BCUT2D eigenvalue weighted by Gasteiger charge is -2.18. The van der Waals surface area contributed by atoms with Gasteiger partial charge in [-0.15, -0.1) is 0 Å². The first-order chi connectivity index (χ1) is 17.6. The third-order valence-corrected chi connectivity index (χ3v) is 6.79. The van der Waals surface area contributed by atoms with Crippen LogP contribution in [0, 0.1) is 5.92 Å². The molecule has 188 valence electrons. The minimum Gasteiger partial charge on any atom is -0.369 e. The second-order valence-electron chi connectivity index (χ2n) is 9.13. The van der Waals surface area contributed by atoms with Gasteiger partial charge in [-0.05, 0) is 23.5 Å². The molecule has 4 aromatic rings. The highest BCUT2D eigenvalue weighted by atomic mass is 32.2. The van der Waals surface area contributed by atoms with E-state index < -0.39 is 0 Å². The Kier molecular flexibility index (Phi) is 8.95. The predicted octanol–water partition coefficient (Wildman–Crippen LogP) is 5.34. The molecule has 2 aromatic carbocycles. The van der Waals surface area contributed by atoms with Crippen molar-refractivity contribution in [1.29, 1.82) is 0 Å². The van der Waals surface area contributed by atoms with E-state index in [1.165, 1.54) is 0 Å². The molecule has 0 fully saturated rings. The van der Waals surface area contributed by atoms with Crippen LogP contribution in [0.25, 0.3) is 11.0 Å². The van der Waals surface area contributed by atoms with Crippen molar-refractivity contribution in [3.63, 3.8) is 0 Å². The van der Waals surface area contributed by atoms with Crippen molar-refractivity contribution in [2.24, 2.45) is 5.92 Å². The van der Waals surface area contributed by atoms with Crippen LogP contribution >= 0.6 is 11.8 Å². The summed E-state index contributed by atoms with van der Waals surface area (Å²) < 4.78 is 1.86. The molecular weight excluding hydrogens is 468 g/mol. The van der Waals surface area contributed by atoms with E-state index in [0.717, 1.165) is 51.9 Å². The fourth-order valence-electron chi connectivity index (χ4n) is 3.97. The Balaban J connectivity index is 1.51. The molecule has 36 heavy (non-hydrogen) atoms. The fourth-order valence-corrected chi connectivity index (χ4v) is 4.66. The third kappa shape index (κ3) is 6.43. The molecule has 2 aromatic heterocycles. The quantitative estimate of drug-likeness (QED) is 0.201. The van der Waals surface area contributed by atoms with Gasteiger partial charge in [0.25, 0.3) is 0 Å². The summed E-state index contributed by atoms with van der Waals surface area (Å²) in [5.74, 6) is 1.87. The monoisotopic (exact) mass is 502 g/mol. The summed E-state index contributed by atoms with van der Waals surface area (Å²) in [5, 5.41) is 12.8. The van der Waals surface area contributed by atoms with Crippen LogP contribution in [0.4, 0.5) is 5.82 Å². The maximum atomic E-state index is 13.3. The molecule has 0 saturated heterocycles. The molecule has 0 atom stereocenters. The zero-order chi connectivity index (χ0) is 25.3. The molecule has 4 rings (SSSR count). The first-order valence-electron chi connectivity index (χ1n) is 12.5. The smallest absolute Gasteiger partial charge is 0.232 e. The van der Waals surface area contributed by atoms with Crippen LogP contribution in [0.2, 0.25) is 0 Å². The van der Waals surface area contributed by atoms with Crippen molar-refractivity contribution in [3.8, 4) is 0 Å². The molecule has 0 bridgehead atoms. The summed E-state index contributed by atoms with van der Waals surface area (Å²) >= 11 is 1.65. The highest BCUT2D eigenvalue weighted by Gasteiger charge is 2.22. The molecular formula is C28H34N6OS. The molecule has 0 unspecified atom stereocenters. The number of nitrogens with one attached hydrogen (secondary N) is 2. The van der Waals surface area contributed by atoms with E-state index in [4.69, 9.17) is 9.97 Å². The van der Waals surface area contributed by atoms with Gasteiger partial charge in [0.15, 0.2) is 10.8 Å². The number of amides is 1. The number of fused-ring (bicyclic) bond motifs is 1. The normalized spacial score (nSPS) is 11.4. The first kappa shape index (κ1) is 25.7. The van der Waals surface area contributed by atoms with E-state index >= 15 is 0 Å². The lowest BCUT2D eigenvalue weighted by Crippen LogP contribution is -2.32. The Morgan fingerprint density at radius 2 is 1.67 bits per heavy atom. The molecule has 0 spiro atoms. The van der Waals surface area contributed by atoms with E-state index in [1.807, 2.05) is 71.5 Å². The Hall–Kier alpha value is -3.39. The Bertz CT molecular complexity index is 1220. The minimum absolute atomic E-state index is 0.0306. The number of benzene rings is 2. The second-order valence-corrected chi connectivity index (χ2v) is 10.2. The van der Waals surface area contributed by atoms with Crippen molar-refractivity contribution in [2.75, 3.05) is 24.2 Å². The molecule has 0 radical (unpaired) electrons. The Morgan fingerprint density at radius 1 is 1.00 bits per heavy atom. The van der Waals surface area contributed by atoms with Crippen molar-refractivity contribution >= 4 is 34.5 Å². The SMILES string of the molecule is CCCSc1nc(NCC(C)C)c2cnn(CCNC(=O)C(c3ccccc3)c3ccccc3)c2n1. The van der Waals surface area contributed by atoms with Crippen LogP contribution in [-0.4, -0.2) is 44.5 Å². The number of thioether (sulfide) groups is 1. The number of hydrogen-bond donors (Lipinski definition) is 2. The zero-order valence-corrected chi connectivity index (χ0v) is 22.0. The van der Waals surface area contributed by atoms with E-state index in [2.05, 4.69) is 36.5 Å². The van der Waals surface area contributed by atoms with Gasteiger partial charge in [0, 0.05) is 18.8 Å². The number of carbonyl (C=O) groups excluding carboxylic acids is 1. The van der Waals surface area contributed by atoms with Gasteiger partial charge in [-0.25, -0.2) is 14.6 Å². The van der Waals surface area contributed by atoms with Crippen LogP contribution in [-0.2, 0) is 11.3 Å². The Morgan fingerprint density at radius 3 is 2.28 bits per heavy atom. The third-order valence-electron chi connectivity index (χ3n) is 5.74. The van der Waals surface area contributed by atoms with E-state index in [-0.39, 0.29) is 11.8 Å².